The van der Waals surface area contributed by atoms with Crippen LogP contribution in [-0.4, -0.2) is 6.43 Å². The van der Waals surface area contributed by atoms with Crippen LogP contribution in [0, 0.1) is 0 Å². The molecule has 0 nitrogen and oxygen atoms in total. The topological polar surface area (TPSA) is 0 Å². The molecule has 7 heavy (non-hydrogen) atoms. The van der Waals surface area contributed by atoms with E-state index in [0.29, 0.717) is 0 Å². The molecule has 0 saturated heterocycles. The molecule has 0 aromatic rings. The summed E-state index contributed by atoms with van der Waals surface area (Å²) < 4.78 is 38.8. The molecule has 0 rings (SSSR count). The molecule has 51 valence electrons. The minimum absolute atomic E-state index is 0. The van der Waals surface area contributed by atoms with Gasteiger partial charge in [-0.15, -0.1) is 17.6 Å². The number of hydrogen-bond donors (Lipinski definition) is 0. The number of rotatable bonds is 0. The minimum Gasteiger partial charge on any atom is -0.197 e. The normalized spacial score (nSPS) is 8.57. The van der Waals surface area contributed by atoms with Crippen LogP contribution in [-0.2, 0) is 22.4 Å². The second kappa shape index (κ2) is 4.96. The standard InChI is InChI=1S/CF4.Ag.H2S/c2-1(3,4)5;;/h;;1H2. The first-order valence-corrected chi connectivity index (χ1v) is 0.756. The van der Waals surface area contributed by atoms with Gasteiger partial charge >= 0.3 is 6.43 Å². The minimum atomic E-state index is -5.50. The third-order valence-corrected chi connectivity index (χ3v) is 0. The SMILES string of the molecule is FC(F)(F)F.S.[Ag]. The van der Waals surface area contributed by atoms with Gasteiger partial charge in [-0.3, -0.25) is 0 Å². The summed E-state index contributed by atoms with van der Waals surface area (Å²) in [6.07, 6.45) is -5.50. The second-order valence-corrected chi connectivity index (χ2v) is 0.429. The molecule has 0 bridgehead atoms. The smallest absolute Gasteiger partial charge is 0.197 e. The van der Waals surface area contributed by atoms with Crippen LogP contribution >= 0.6 is 13.5 Å². The molecule has 0 unspecified atom stereocenters. The first-order valence-electron chi connectivity index (χ1n) is 0.756. The van der Waals surface area contributed by atoms with E-state index in [4.69, 9.17) is 0 Å². The van der Waals surface area contributed by atoms with Gasteiger partial charge in [-0.25, -0.2) is 0 Å². The molecule has 0 aliphatic carbocycles. The fraction of sp³-hybridized carbons (Fsp3) is 1.00. The number of hydrogen-bond acceptors (Lipinski definition) is 0. The molecule has 0 aromatic carbocycles. The van der Waals surface area contributed by atoms with Gasteiger partial charge in [0.2, 0.25) is 0 Å². The third kappa shape index (κ3) is 240. The Morgan fingerprint density at radius 1 is 0.857 bits per heavy atom. The van der Waals surface area contributed by atoms with Crippen molar-refractivity contribution in [3.05, 3.63) is 0 Å². The van der Waals surface area contributed by atoms with Crippen LogP contribution in [0.1, 0.15) is 0 Å². The van der Waals surface area contributed by atoms with Crippen LogP contribution < -0.4 is 0 Å². The third-order valence-electron chi connectivity index (χ3n) is 0. The van der Waals surface area contributed by atoms with E-state index in [1.807, 2.05) is 0 Å². The van der Waals surface area contributed by atoms with Crippen molar-refractivity contribution in [2.75, 3.05) is 0 Å². The van der Waals surface area contributed by atoms with Gasteiger partial charge < -0.3 is 0 Å². The predicted molar refractivity (Wildman–Crippen MR) is 17.5 cm³/mol. The van der Waals surface area contributed by atoms with E-state index in [1.54, 1.807) is 0 Å². The summed E-state index contributed by atoms with van der Waals surface area (Å²) in [5, 5.41) is 0. The summed E-state index contributed by atoms with van der Waals surface area (Å²) in [5.74, 6) is 0. The van der Waals surface area contributed by atoms with Gasteiger partial charge in [0.05, 0.1) is 0 Å². The molecule has 0 saturated carbocycles. The zero-order valence-corrected chi connectivity index (χ0v) is 5.30. The number of alkyl halides is 4. The van der Waals surface area contributed by atoms with E-state index in [0.717, 1.165) is 0 Å². The zero-order chi connectivity index (χ0) is 4.50. The average Bonchev–Trinajstić information content (AvgIpc) is 0.722. The molecule has 6 heteroatoms. The van der Waals surface area contributed by atoms with Gasteiger partial charge in [0.15, 0.2) is 0 Å². The van der Waals surface area contributed by atoms with Gasteiger partial charge in [-0.2, -0.15) is 13.5 Å². The van der Waals surface area contributed by atoms with Crippen LogP contribution in [0.5, 0.6) is 0 Å². The quantitative estimate of drug-likeness (QED) is 0.437. The summed E-state index contributed by atoms with van der Waals surface area (Å²) in [5.41, 5.74) is 0. The summed E-state index contributed by atoms with van der Waals surface area (Å²) in [6, 6.07) is 0. The maximum Gasteiger partial charge on any atom is 0.559 e. The first kappa shape index (κ1) is 15.7. The Bertz CT molecular complexity index is 27.2. The summed E-state index contributed by atoms with van der Waals surface area (Å²) in [7, 11) is 0. The summed E-state index contributed by atoms with van der Waals surface area (Å²) in [4.78, 5) is 0. The van der Waals surface area contributed by atoms with Gasteiger partial charge in [-0.05, 0) is 0 Å². The fourth-order valence-electron chi connectivity index (χ4n) is 0. The first-order chi connectivity index (χ1) is 2.00. The van der Waals surface area contributed by atoms with Crippen LogP contribution in [0.3, 0.4) is 0 Å². The van der Waals surface area contributed by atoms with E-state index < -0.39 is 6.43 Å². The van der Waals surface area contributed by atoms with Crippen molar-refractivity contribution in [3.63, 3.8) is 0 Å². The Balaban J connectivity index is -0.0000000800. The van der Waals surface area contributed by atoms with E-state index in [-0.39, 0.29) is 35.9 Å². The van der Waals surface area contributed by atoms with Crippen molar-refractivity contribution in [1.29, 1.82) is 0 Å². The molecule has 0 aliphatic heterocycles. The summed E-state index contributed by atoms with van der Waals surface area (Å²) in [6.45, 7) is 0. The Hall–Kier alpha value is 0.810. The van der Waals surface area contributed by atoms with Gasteiger partial charge in [0, 0.05) is 22.4 Å². The number of halogens is 4. The van der Waals surface area contributed by atoms with Gasteiger partial charge in [0.25, 0.3) is 0 Å². The molecule has 1 radical (unpaired) electrons. The molecular formula is CH2AgF4S. The monoisotopic (exact) mass is 229 g/mol. The van der Waals surface area contributed by atoms with Crippen LogP contribution in [0.4, 0.5) is 17.6 Å². The predicted octanol–water partition coefficient (Wildman–Crippen LogP) is 1.59. The van der Waals surface area contributed by atoms with E-state index in [2.05, 4.69) is 0 Å². The maximum absolute atomic E-state index is 9.69. The summed E-state index contributed by atoms with van der Waals surface area (Å²) >= 11 is 0. The van der Waals surface area contributed by atoms with E-state index in [1.165, 1.54) is 0 Å². The molecule has 0 aliphatic rings. The average molecular weight is 230 g/mol. The zero-order valence-electron chi connectivity index (χ0n) is 2.81. The largest absolute Gasteiger partial charge is 0.559 e. The Labute approximate surface area is 60.2 Å². The molecule has 0 aromatic heterocycles. The van der Waals surface area contributed by atoms with Crippen LogP contribution in [0.2, 0.25) is 0 Å². The molecule has 0 spiro atoms. The van der Waals surface area contributed by atoms with Crippen molar-refractivity contribution in [2.45, 2.75) is 6.43 Å². The van der Waals surface area contributed by atoms with Crippen molar-refractivity contribution in [1.82, 2.24) is 0 Å². The second-order valence-electron chi connectivity index (χ2n) is 0.429. The Morgan fingerprint density at radius 2 is 0.857 bits per heavy atom. The Morgan fingerprint density at radius 3 is 0.857 bits per heavy atom. The van der Waals surface area contributed by atoms with Crippen molar-refractivity contribution >= 4 is 13.5 Å². The maximum atomic E-state index is 9.69. The molecule has 0 atom stereocenters. The Kier molecular flexibility index (Phi) is 11.1. The van der Waals surface area contributed by atoms with Crippen LogP contribution in [0.15, 0.2) is 0 Å². The van der Waals surface area contributed by atoms with Crippen molar-refractivity contribution < 1.29 is 39.9 Å². The van der Waals surface area contributed by atoms with Gasteiger partial charge in [0.1, 0.15) is 0 Å². The van der Waals surface area contributed by atoms with Crippen LogP contribution in [0.25, 0.3) is 0 Å². The van der Waals surface area contributed by atoms with Crippen molar-refractivity contribution in [2.24, 2.45) is 0 Å². The van der Waals surface area contributed by atoms with Gasteiger partial charge in [-0.1, -0.05) is 0 Å². The van der Waals surface area contributed by atoms with E-state index in [9.17, 15) is 17.6 Å². The molecular weight excluding hydrogens is 228 g/mol. The van der Waals surface area contributed by atoms with Crippen molar-refractivity contribution in [3.8, 4) is 0 Å². The van der Waals surface area contributed by atoms with E-state index >= 15 is 0 Å². The molecule has 0 amide bonds. The molecule has 0 fully saturated rings. The molecule has 0 N–H and O–H groups in total. The molecule has 0 heterocycles. The fourth-order valence-corrected chi connectivity index (χ4v) is 0.